The zero-order chi connectivity index (χ0) is 11.5. The van der Waals surface area contributed by atoms with E-state index in [0.717, 1.165) is 13.1 Å². The fourth-order valence-corrected chi connectivity index (χ4v) is 4.75. The molecule has 0 unspecified atom stereocenters. The summed E-state index contributed by atoms with van der Waals surface area (Å²) in [6, 6.07) is 0. The quantitative estimate of drug-likeness (QED) is 0.662. The van der Waals surface area contributed by atoms with Crippen LogP contribution in [0.4, 0.5) is 0 Å². The highest BCUT2D eigenvalue weighted by molar-refractivity contribution is 7.95. The minimum Gasteiger partial charge on any atom is -0.316 e. The van der Waals surface area contributed by atoms with Crippen LogP contribution < -0.4 is 5.32 Å². The van der Waals surface area contributed by atoms with Crippen molar-refractivity contribution >= 4 is 19.7 Å². The van der Waals surface area contributed by atoms with Crippen molar-refractivity contribution < 1.29 is 16.8 Å². The third kappa shape index (κ3) is 4.48. The molecule has 0 spiro atoms. The molecule has 0 saturated carbocycles. The van der Waals surface area contributed by atoms with Gasteiger partial charge in [-0.05, 0) is 5.92 Å². The molecule has 0 aromatic heterocycles. The van der Waals surface area contributed by atoms with Crippen LogP contribution in [0.2, 0.25) is 0 Å². The maximum absolute atomic E-state index is 11.5. The molecule has 1 fully saturated rings. The van der Waals surface area contributed by atoms with Gasteiger partial charge in [0.05, 0.1) is 17.3 Å². The van der Waals surface area contributed by atoms with Crippen LogP contribution in [0.3, 0.4) is 0 Å². The molecule has 0 aromatic carbocycles. The van der Waals surface area contributed by atoms with E-state index < -0.39 is 19.7 Å². The van der Waals surface area contributed by atoms with E-state index in [-0.39, 0.29) is 28.9 Å². The summed E-state index contributed by atoms with van der Waals surface area (Å²) in [5.41, 5.74) is 0. The van der Waals surface area contributed by atoms with Crippen LogP contribution in [0, 0.1) is 5.92 Å². The van der Waals surface area contributed by atoms with E-state index in [1.165, 1.54) is 6.92 Å². The average molecular weight is 255 g/mol. The predicted octanol–water partition coefficient (Wildman–Crippen LogP) is -0.945. The van der Waals surface area contributed by atoms with Gasteiger partial charge in [-0.3, -0.25) is 0 Å². The van der Waals surface area contributed by atoms with E-state index in [2.05, 4.69) is 5.32 Å². The average Bonchev–Trinajstić information content (AvgIpc) is 2.09. The lowest BCUT2D eigenvalue weighted by Gasteiger charge is -2.26. The van der Waals surface area contributed by atoms with Crippen LogP contribution in [0.5, 0.6) is 0 Å². The largest absolute Gasteiger partial charge is 0.316 e. The van der Waals surface area contributed by atoms with Gasteiger partial charge in [0.15, 0.2) is 19.7 Å². The van der Waals surface area contributed by atoms with Crippen LogP contribution in [-0.2, 0) is 19.7 Å². The predicted molar refractivity (Wildman–Crippen MR) is 59.3 cm³/mol. The molecule has 1 heterocycles. The first-order valence-electron chi connectivity index (χ1n) is 4.96. The van der Waals surface area contributed by atoms with Crippen LogP contribution in [0.15, 0.2) is 0 Å². The van der Waals surface area contributed by atoms with Crippen LogP contribution >= 0.6 is 0 Å². The first-order valence-corrected chi connectivity index (χ1v) is 8.60. The van der Waals surface area contributed by atoms with Crippen LogP contribution in [0.25, 0.3) is 0 Å². The fourth-order valence-electron chi connectivity index (χ4n) is 1.31. The second-order valence-electron chi connectivity index (χ2n) is 3.88. The van der Waals surface area contributed by atoms with Crippen molar-refractivity contribution in [2.24, 2.45) is 5.92 Å². The Labute approximate surface area is 91.1 Å². The third-order valence-electron chi connectivity index (χ3n) is 2.50. The number of hydrogen-bond acceptors (Lipinski definition) is 5. The van der Waals surface area contributed by atoms with Crippen molar-refractivity contribution in [3.63, 3.8) is 0 Å². The van der Waals surface area contributed by atoms with Crippen molar-refractivity contribution in [1.29, 1.82) is 0 Å². The molecular weight excluding hydrogens is 238 g/mol. The lowest BCUT2D eigenvalue weighted by Crippen LogP contribution is -2.46. The summed E-state index contributed by atoms with van der Waals surface area (Å²) >= 11 is 0. The first kappa shape index (κ1) is 12.9. The number of rotatable bonds is 6. The normalized spacial score (nSPS) is 18.7. The van der Waals surface area contributed by atoms with E-state index in [0.29, 0.717) is 0 Å². The summed E-state index contributed by atoms with van der Waals surface area (Å²) < 4.78 is 45.3. The van der Waals surface area contributed by atoms with Gasteiger partial charge in [0.2, 0.25) is 0 Å². The second-order valence-corrected chi connectivity index (χ2v) is 8.58. The standard InChI is InChI=1S/C8H17NO4S2/c1-2-14(10,11)3-4-15(12,13)7-8-5-9-6-8/h8-9H,2-7H2,1H3. The van der Waals surface area contributed by atoms with Crippen molar-refractivity contribution in [3.05, 3.63) is 0 Å². The Morgan fingerprint density at radius 2 is 1.60 bits per heavy atom. The summed E-state index contributed by atoms with van der Waals surface area (Å²) in [5.74, 6) is -0.197. The summed E-state index contributed by atoms with van der Waals surface area (Å²) in [6.07, 6.45) is 0. The summed E-state index contributed by atoms with van der Waals surface area (Å²) in [5, 5.41) is 2.98. The topological polar surface area (TPSA) is 80.3 Å². The minimum absolute atomic E-state index is 0.00744. The Kier molecular flexibility index (Phi) is 4.13. The van der Waals surface area contributed by atoms with Gasteiger partial charge < -0.3 is 5.32 Å². The molecule has 15 heavy (non-hydrogen) atoms. The molecule has 1 rings (SSSR count). The SMILES string of the molecule is CCS(=O)(=O)CCS(=O)(=O)CC1CNC1. The highest BCUT2D eigenvalue weighted by atomic mass is 32.2. The number of sulfone groups is 2. The molecule has 0 aliphatic carbocycles. The Morgan fingerprint density at radius 3 is 2.00 bits per heavy atom. The summed E-state index contributed by atoms with van der Waals surface area (Å²) in [7, 11) is -6.38. The van der Waals surface area contributed by atoms with E-state index in [1.54, 1.807) is 0 Å². The highest BCUT2D eigenvalue weighted by Crippen LogP contribution is 2.08. The number of hydrogen-bond donors (Lipinski definition) is 1. The lowest BCUT2D eigenvalue weighted by molar-refractivity contribution is 0.378. The zero-order valence-electron chi connectivity index (χ0n) is 8.77. The van der Waals surface area contributed by atoms with E-state index in [4.69, 9.17) is 0 Å². The molecule has 1 saturated heterocycles. The Balaban J connectivity index is 2.42. The summed E-state index contributed by atoms with van der Waals surface area (Å²) in [6.45, 7) is 2.97. The Hall–Kier alpha value is -0.140. The highest BCUT2D eigenvalue weighted by Gasteiger charge is 2.25. The first-order chi connectivity index (χ1) is 6.85. The molecule has 0 radical (unpaired) electrons. The van der Waals surface area contributed by atoms with E-state index in [9.17, 15) is 16.8 Å². The van der Waals surface area contributed by atoms with E-state index >= 15 is 0 Å². The molecule has 1 aliphatic rings. The molecule has 1 aliphatic heterocycles. The maximum Gasteiger partial charge on any atom is 0.151 e. The minimum atomic E-state index is -3.20. The fraction of sp³-hybridized carbons (Fsp3) is 1.00. The van der Waals surface area contributed by atoms with Crippen LogP contribution in [-0.4, -0.2) is 52.9 Å². The van der Waals surface area contributed by atoms with Crippen molar-refractivity contribution in [2.75, 3.05) is 36.1 Å². The zero-order valence-corrected chi connectivity index (χ0v) is 10.4. The molecular formula is C8H17NO4S2. The van der Waals surface area contributed by atoms with Crippen LogP contribution in [0.1, 0.15) is 6.92 Å². The van der Waals surface area contributed by atoms with Gasteiger partial charge in [0, 0.05) is 18.8 Å². The van der Waals surface area contributed by atoms with Gasteiger partial charge in [-0.1, -0.05) is 6.92 Å². The van der Waals surface area contributed by atoms with Crippen molar-refractivity contribution in [3.8, 4) is 0 Å². The van der Waals surface area contributed by atoms with Gasteiger partial charge >= 0.3 is 0 Å². The van der Waals surface area contributed by atoms with Gasteiger partial charge in [-0.25, -0.2) is 16.8 Å². The smallest absolute Gasteiger partial charge is 0.151 e. The molecule has 0 amide bonds. The van der Waals surface area contributed by atoms with Gasteiger partial charge in [0.1, 0.15) is 0 Å². The maximum atomic E-state index is 11.5. The molecule has 0 atom stereocenters. The second kappa shape index (κ2) is 4.80. The van der Waals surface area contributed by atoms with Crippen molar-refractivity contribution in [1.82, 2.24) is 5.32 Å². The molecule has 7 heteroatoms. The molecule has 0 bridgehead atoms. The molecule has 90 valence electrons. The van der Waals surface area contributed by atoms with Gasteiger partial charge in [-0.15, -0.1) is 0 Å². The number of nitrogens with one attached hydrogen (secondary N) is 1. The summed E-state index contributed by atoms with van der Waals surface area (Å²) in [4.78, 5) is 0. The van der Waals surface area contributed by atoms with E-state index in [1.807, 2.05) is 0 Å². The van der Waals surface area contributed by atoms with Crippen molar-refractivity contribution in [2.45, 2.75) is 6.92 Å². The van der Waals surface area contributed by atoms with Gasteiger partial charge in [0.25, 0.3) is 0 Å². The lowest BCUT2D eigenvalue weighted by atomic mass is 10.1. The Bertz CT molecular complexity index is 394. The Morgan fingerprint density at radius 1 is 1.07 bits per heavy atom. The molecule has 0 aromatic rings. The molecule has 1 N–H and O–H groups in total. The van der Waals surface area contributed by atoms with Gasteiger partial charge in [-0.2, -0.15) is 0 Å². The monoisotopic (exact) mass is 255 g/mol. The third-order valence-corrected chi connectivity index (χ3v) is 6.27. The molecule has 5 nitrogen and oxygen atoms in total.